The van der Waals surface area contributed by atoms with Crippen LogP contribution < -0.4 is 10.0 Å². The lowest BCUT2D eigenvalue weighted by Crippen LogP contribution is -2.32. The SMILES string of the molecule is CNC(=O)[C@H](NSc1ccccc1[N+](=O)[O-])c1c[nH]c2ccc(Cl)cc12. The molecule has 26 heavy (non-hydrogen) atoms. The van der Waals surface area contributed by atoms with Crippen LogP contribution in [0.2, 0.25) is 5.02 Å². The summed E-state index contributed by atoms with van der Waals surface area (Å²) in [5, 5.41) is 15.1. The molecule has 2 aromatic carbocycles. The van der Waals surface area contributed by atoms with E-state index in [9.17, 15) is 14.9 Å². The van der Waals surface area contributed by atoms with Crippen LogP contribution in [0.15, 0.2) is 53.6 Å². The number of carbonyl (C=O) groups is 1. The van der Waals surface area contributed by atoms with Crippen molar-refractivity contribution in [1.82, 2.24) is 15.0 Å². The van der Waals surface area contributed by atoms with E-state index in [1.807, 2.05) is 6.07 Å². The van der Waals surface area contributed by atoms with Gasteiger partial charge in [-0.15, -0.1) is 0 Å². The van der Waals surface area contributed by atoms with Crippen molar-refractivity contribution >= 4 is 46.0 Å². The summed E-state index contributed by atoms with van der Waals surface area (Å²) < 4.78 is 3.03. The van der Waals surface area contributed by atoms with E-state index < -0.39 is 11.0 Å². The lowest BCUT2D eigenvalue weighted by atomic mass is 10.1. The molecule has 7 nitrogen and oxygen atoms in total. The fraction of sp³-hybridized carbons (Fsp3) is 0.118. The van der Waals surface area contributed by atoms with E-state index in [1.165, 1.54) is 13.1 Å². The van der Waals surface area contributed by atoms with Crippen molar-refractivity contribution < 1.29 is 9.72 Å². The first-order chi connectivity index (χ1) is 12.5. The lowest BCUT2D eigenvalue weighted by molar-refractivity contribution is -0.387. The zero-order chi connectivity index (χ0) is 18.7. The molecule has 3 rings (SSSR count). The number of nitrogens with zero attached hydrogens (tertiary/aromatic N) is 1. The number of aromatic amines is 1. The quantitative estimate of drug-likeness (QED) is 0.337. The molecule has 0 bridgehead atoms. The predicted molar refractivity (Wildman–Crippen MR) is 102 cm³/mol. The Kier molecular flexibility index (Phi) is 5.46. The third-order valence-corrected chi connectivity index (χ3v) is 5.00. The number of carbonyl (C=O) groups excluding carboxylic acids is 1. The molecule has 0 fully saturated rings. The van der Waals surface area contributed by atoms with E-state index in [4.69, 9.17) is 11.6 Å². The average molecular weight is 391 g/mol. The van der Waals surface area contributed by atoms with Crippen molar-refractivity contribution in [3.63, 3.8) is 0 Å². The van der Waals surface area contributed by atoms with Gasteiger partial charge in [0.1, 0.15) is 10.9 Å². The largest absolute Gasteiger partial charge is 0.361 e. The van der Waals surface area contributed by atoms with E-state index in [-0.39, 0.29) is 11.6 Å². The molecule has 0 spiro atoms. The van der Waals surface area contributed by atoms with Crippen molar-refractivity contribution in [2.75, 3.05) is 7.05 Å². The van der Waals surface area contributed by atoms with Gasteiger partial charge in [0.15, 0.2) is 0 Å². The van der Waals surface area contributed by atoms with E-state index in [2.05, 4.69) is 15.0 Å². The number of nitrogens with one attached hydrogen (secondary N) is 3. The van der Waals surface area contributed by atoms with Gasteiger partial charge in [-0.3, -0.25) is 14.9 Å². The van der Waals surface area contributed by atoms with Crippen molar-refractivity contribution in [3.05, 3.63) is 69.4 Å². The summed E-state index contributed by atoms with van der Waals surface area (Å²) in [6, 6.07) is 11.0. The highest BCUT2D eigenvalue weighted by Gasteiger charge is 2.24. The number of rotatable bonds is 6. The highest BCUT2D eigenvalue weighted by molar-refractivity contribution is 7.97. The summed E-state index contributed by atoms with van der Waals surface area (Å²) in [6.45, 7) is 0. The molecule has 0 saturated heterocycles. The first-order valence-electron chi connectivity index (χ1n) is 7.65. The van der Waals surface area contributed by atoms with Gasteiger partial charge in [-0.1, -0.05) is 23.7 Å². The Morgan fingerprint density at radius 2 is 2.08 bits per heavy atom. The van der Waals surface area contributed by atoms with Crippen LogP contribution in [-0.4, -0.2) is 22.9 Å². The van der Waals surface area contributed by atoms with Crippen molar-refractivity contribution in [2.24, 2.45) is 0 Å². The minimum atomic E-state index is -0.725. The van der Waals surface area contributed by atoms with Crippen LogP contribution in [0.3, 0.4) is 0 Å². The second-order valence-electron chi connectivity index (χ2n) is 5.43. The molecule has 9 heteroatoms. The van der Waals surface area contributed by atoms with Crippen molar-refractivity contribution in [2.45, 2.75) is 10.9 Å². The minimum absolute atomic E-state index is 0.0253. The summed E-state index contributed by atoms with van der Waals surface area (Å²) in [7, 11) is 1.54. The maximum atomic E-state index is 12.4. The summed E-state index contributed by atoms with van der Waals surface area (Å²) in [6.07, 6.45) is 1.73. The molecule has 1 aromatic heterocycles. The highest BCUT2D eigenvalue weighted by Crippen LogP contribution is 2.32. The molecule has 0 saturated carbocycles. The molecule has 0 radical (unpaired) electrons. The smallest absolute Gasteiger partial charge is 0.284 e. The van der Waals surface area contributed by atoms with Gasteiger partial charge in [0.05, 0.1) is 4.92 Å². The third-order valence-electron chi connectivity index (χ3n) is 3.84. The molecule has 3 N–H and O–H groups in total. The van der Waals surface area contributed by atoms with Gasteiger partial charge < -0.3 is 10.3 Å². The number of nitro groups is 1. The number of aromatic nitrogens is 1. The van der Waals surface area contributed by atoms with Crippen molar-refractivity contribution in [1.29, 1.82) is 0 Å². The fourth-order valence-corrected chi connectivity index (χ4v) is 3.62. The van der Waals surface area contributed by atoms with Gasteiger partial charge in [-0.25, -0.2) is 4.72 Å². The van der Waals surface area contributed by atoms with Gasteiger partial charge >= 0.3 is 0 Å². The van der Waals surface area contributed by atoms with E-state index in [0.29, 0.717) is 15.5 Å². The van der Waals surface area contributed by atoms with Gasteiger partial charge in [0.2, 0.25) is 5.91 Å². The van der Waals surface area contributed by atoms with Gasteiger partial charge in [0, 0.05) is 40.8 Å². The van der Waals surface area contributed by atoms with Crippen LogP contribution in [0.5, 0.6) is 0 Å². The molecule has 1 atom stereocenters. The average Bonchev–Trinajstić information content (AvgIpc) is 3.04. The van der Waals surface area contributed by atoms with E-state index in [1.54, 1.807) is 36.5 Å². The van der Waals surface area contributed by atoms with Gasteiger partial charge in [-0.2, -0.15) is 0 Å². The Hall–Kier alpha value is -2.55. The number of halogens is 1. The van der Waals surface area contributed by atoms with Crippen LogP contribution in [0, 0.1) is 10.1 Å². The summed E-state index contributed by atoms with van der Waals surface area (Å²) >= 11 is 7.12. The standard InChI is InChI=1S/C17H15ClN4O3S/c1-19-17(23)16(12-9-20-13-7-6-10(18)8-11(12)13)21-26-15-5-3-2-4-14(15)22(24)25/h2-9,16,20-21H,1H3,(H,19,23)/t16-/m1/s1. The monoisotopic (exact) mass is 390 g/mol. The topological polar surface area (TPSA) is 100 Å². The Labute approximate surface area is 158 Å². The Bertz CT molecular complexity index is 976. The number of hydrogen-bond acceptors (Lipinski definition) is 5. The Morgan fingerprint density at radius 1 is 1.31 bits per heavy atom. The predicted octanol–water partition coefficient (Wildman–Crippen LogP) is 3.81. The summed E-state index contributed by atoms with van der Waals surface area (Å²) in [5.74, 6) is -0.267. The number of benzene rings is 2. The molecule has 3 aromatic rings. The molecule has 0 aliphatic heterocycles. The van der Waals surface area contributed by atoms with Gasteiger partial charge in [-0.05, 0) is 36.2 Å². The maximum absolute atomic E-state index is 12.4. The number of fused-ring (bicyclic) bond motifs is 1. The van der Waals surface area contributed by atoms with Gasteiger partial charge in [0.25, 0.3) is 5.69 Å². The Morgan fingerprint density at radius 3 is 2.81 bits per heavy atom. The number of amides is 1. The molecule has 134 valence electrons. The zero-order valence-electron chi connectivity index (χ0n) is 13.7. The Balaban J connectivity index is 1.93. The first-order valence-corrected chi connectivity index (χ1v) is 8.84. The first kappa shape index (κ1) is 18.2. The molecule has 0 aliphatic rings. The van der Waals surface area contributed by atoms with Crippen LogP contribution in [0.1, 0.15) is 11.6 Å². The summed E-state index contributed by atoms with van der Waals surface area (Å²) in [5.41, 5.74) is 1.52. The van der Waals surface area contributed by atoms with Crippen molar-refractivity contribution in [3.8, 4) is 0 Å². The molecule has 0 unspecified atom stereocenters. The molecular weight excluding hydrogens is 376 g/mol. The molecule has 1 heterocycles. The lowest BCUT2D eigenvalue weighted by Gasteiger charge is -2.16. The van der Waals surface area contributed by atoms with E-state index >= 15 is 0 Å². The fourth-order valence-electron chi connectivity index (χ4n) is 2.57. The van der Waals surface area contributed by atoms with E-state index in [0.717, 1.165) is 22.9 Å². The maximum Gasteiger partial charge on any atom is 0.284 e. The zero-order valence-corrected chi connectivity index (χ0v) is 15.2. The number of para-hydroxylation sites is 1. The van der Waals surface area contributed by atoms with Crippen LogP contribution in [0.4, 0.5) is 5.69 Å². The number of H-pyrrole nitrogens is 1. The van der Waals surface area contributed by atoms with Crippen LogP contribution in [-0.2, 0) is 4.79 Å². The molecule has 0 aliphatic carbocycles. The third kappa shape index (κ3) is 3.67. The second-order valence-corrected chi connectivity index (χ2v) is 6.74. The number of nitro benzene ring substituents is 1. The van der Waals surface area contributed by atoms with Crippen LogP contribution >= 0.6 is 23.5 Å². The number of likely N-dealkylation sites (N-methyl/N-ethyl adjacent to an activating group) is 1. The minimum Gasteiger partial charge on any atom is -0.361 e. The summed E-state index contributed by atoms with van der Waals surface area (Å²) in [4.78, 5) is 26.6. The molecular formula is C17H15ClN4O3S. The number of hydrogen-bond donors (Lipinski definition) is 3. The van der Waals surface area contributed by atoms with Crippen LogP contribution in [0.25, 0.3) is 10.9 Å². The second kappa shape index (κ2) is 7.77. The molecule has 1 amide bonds. The highest BCUT2D eigenvalue weighted by atomic mass is 35.5. The normalized spacial score (nSPS) is 12.1.